The van der Waals surface area contributed by atoms with Crippen LogP contribution in [0.1, 0.15) is 23.1 Å². The second-order valence-corrected chi connectivity index (χ2v) is 3.10. The van der Waals surface area contributed by atoms with Crippen LogP contribution in [-0.2, 0) is 16.0 Å². The van der Waals surface area contributed by atoms with E-state index in [1.54, 1.807) is 0 Å². The van der Waals surface area contributed by atoms with E-state index in [2.05, 4.69) is 9.72 Å². The van der Waals surface area contributed by atoms with Gasteiger partial charge in [-0.25, -0.2) is 8.78 Å². The Hall–Kier alpha value is -2.23. The number of nitrogens with one attached hydrogen (secondary N) is 1. The minimum atomic E-state index is -3.08. The van der Waals surface area contributed by atoms with E-state index in [0.29, 0.717) is 0 Å². The maximum Gasteiger partial charge on any atom is 0.310 e. The Morgan fingerprint density at radius 1 is 1.65 bits per heavy atom. The number of ether oxygens (including phenoxy) is 1. The van der Waals surface area contributed by atoms with Crippen LogP contribution in [0.25, 0.3) is 0 Å². The van der Waals surface area contributed by atoms with Crippen LogP contribution in [0.4, 0.5) is 8.78 Å². The molecule has 0 aromatic carbocycles. The molecule has 5 nitrogen and oxygen atoms in total. The Balaban J connectivity index is 3.35. The van der Waals surface area contributed by atoms with Gasteiger partial charge in [-0.15, -0.1) is 0 Å². The SMILES string of the molecule is COC(=O)Cc1c[nH]c(=O)c(C(F)F)c1C#N. The summed E-state index contributed by atoms with van der Waals surface area (Å²) >= 11 is 0. The molecule has 1 N–H and O–H groups in total. The third-order valence-electron chi connectivity index (χ3n) is 2.11. The van der Waals surface area contributed by atoms with Crippen molar-refractivity contribution >= 4 is 5.97 Å². The van der Waals surface area contributed by atoms with Crippen molar-refractivity contribution in [3.63, 3.8) is 0 Å². The zero-order valence-electron chi connectivity index (χ0n) is 8.79. The number of aromatic nitrogens is 1. The summed E-state index contributed by atoms with van der Waals surface area (Å²) in [5.74, 6) is -0.686. The lowest BCUT2D eigenvalue weighted by atomic mass is 10.0. The summed E-state index contributed by atoms with van der Waals surface area (Å²) in [5, 5.41) is 8.77. The first-order valence-electron chi connectivity index (χ1n) is 4.50. The van der Waals surface area contributed by atoms with Crippen molar-refractivity contribution < 1.29 is 18.3 Å². The number of hydrogen-bond acceptors (Lipinski definition) is 4. The maximum atomic E-state index is 12.6. The van der Waals surface area contributed by atoms with Gasteiger partial charge in [-0.2, -0.15) is 5.26 Å². The van der Waals surface area contributed by atoms with Gasteiger partial charge >= 0.3 is 5.97 Å². The smallest absolute Gasteiger partial charge is 0.310 e. The van der Waals surface area contributed by atoms with Crippen molar-refractivity contribution in [2.75, 3.05) is 7.11 Å². The van der Waals surface area contributed by atoms with Crippen LogP contribution in [0.5, 0.6) is 0 Å². The normalized spacial score (nSPS) is 10.1. The van der Waals surface area contributed by atoms with Crippen molar-refractivity contribution in [1.82, 2.24) is 4.98 Å². The average molecular weight is 242 g/mol. The second kappa shape index (κ2) is 5.21. The molecule has 17 heavy (non-hydrogen) atoms. The lowest BCUT2D eigenvalue weighted by molar-refractivity contribution is -0.139. The van der Waals surface area contributed by atoms with Crippen LogP contribution in [-0.4, -0.2) is 18.1 Å². The minimum Gasteiger partial charge on any atom is -0.469 e. The molecule has 0 saturated carbocycles. The Bertz CT molecular complexity index is 531. The molecule has 0 amide bonds. The van der Waals surface area contributed by atoms with E-state index >= 15 is 0 Å². The largest absolute Gasteiger partial charge is 0.469 e. The number of hydrogen-bond donors (Lipinski definition) is 1. The molecule has 0 bridgehead atoms. The average Bonchev–Trinajstić information content (AvgIpc) is 2.30. The molecule has 0 unspecified atom stereocenters. The van der Waals surface area contributed by atoms with Crippen molar-refractivity contribution in [3.8, 4) is 6.07 Å². The highest BCUT2D eigenvalue weighted by atomic mass is 19.3. The third-order valence-corrected chi connectivity index (χ3v) is 2.11. The van der Waals surface area contributed by atoms with Gasteiger partial charge < -0.3 is 9.72 Å². The molecule has 0 fully saturated rings. The molecule has 0 radical (unpaired) electrons. The Morgan fingerprint density at radius 2 is 2.29 bits per heavy atom. The fourth-order valence-electron chi connectivity index (χ4n) is 1.30. The number of methoxy groups -OCH3 is 1. The van der Waals surface area contributed by atoms with Gasteiger partial charge in [0.15, 0.2) is 0 Å². The zero-order chi connectivity index (χ0) is 13.0. The van der Waals surface area contributed by atoms with Gasteiger partial charge in [-0.3, -0.25) is 9.59 Å². The minimum absolute atomic E-state index is 0.00856. The molecule has 1 aromatic rings. The van der Waals surface area contributed by atoms with Crippen LogP contribution in [0, 0.1) is 11.3 Å². The van der Waals surface area contributed by atoms with E-state index in [-0.39, 0.29) is 12.0 Å². The van der Waals surface area contributed by atoms with E-state index in [1.807, 2.05) is 0 Å². The number of esters is 1. The number of aromatic amines is 1. The third kappa shape index (κ3) is 2.66. The number of nitrogens with zero attached hydrogens (tertiary/aromatic N) is 1. The van der Waals surface area contributed by atoms with Crippen LogP contribution < -0.4 is 5.56 Å². The van der Waals surface area contributed by atoms with Crippen molar-refractivity contribution in [2.45, 2.75) is 12.8 Å². The molecule has 1 heterocycles. The quantitative estimate of drug-likeness (QED) is 0.798. The Morgan fingerprint density at radius 3 is 2.76 bits per heavy atom. The zero-order valence-corrected chi connectivity index (χ0v) is 8.79. The summed E-state index contributed by atoms with van der Waals surface area (Å²) in [6.45, 7) is 0. The van der Waals surface area contributed by atoms with Gasteiger partial charge in [0.1, 0.15) is 11.6 Å². The van der Waals surface area contributed by atoms with E-state index in [9.17, 15) is 18.4 Å². The Kier molecular flexibility index (Phi) is 3.93. The monoisotopic (exact) mass is 242 g/mol. The molecule has 0 aliphatic rings. The van der Waals surface area contributed by atoms with Gasteiger partial charge in [-0.05, 0) is 5.56 Å². The number of H-pyrrole nitrogens is 1. The van der Waals surface area contributed by atoms with Crippen LogP contribution in [0.3, 0.4) is 0 Å². The number of halogens is 2. The van der Waals surface area contributed by atoms with E-state index in [0.717, 1.165) is 13.3 Å². The van der Waals surface area contributed by atoms with E-state index in [4.69, 9.17) is 5.26 Å². The molecule has 0 saturated heterocycles. The highest BCUT2D eigenvalue weighted by Gasteiger charge is 2.21. The number of carbonyl (C=O) groups is 1. The van der Waals surface area contributed by atoms with Gasteiger partial charge in [0.05, 0.1) is 19.1 Å². The molecule has 1 aromatic heterocycles. The number of alkyl halides is 2. The van der Waals surface area contributed by atoms with Gasteiger partial charge in [0.25, 0.3) is 12.0 Å². The molecule has 0 spiro atoms. The summed E-state index contributed by atoms with van der Waals surface area (Å²) < 4.78 is 29.5. The lowest BCUT2D eigenvalue weighted by Crippen LogP contribution is -2.18. The highest BCUT2D eigenvalue weighted by Crippen LogP contribution is 2.21. The summed E-state index contributed by atoms with van der Waals surface area (Å²) in [6.07, 6.45) is -2.37. The molecule has 1 rings (SSSR count). The van der Waals surface area contributed by atoms with E-state index in [1.165, 1.54) is 6.07 Å². The summed E-state index contributed by atoms with van der Waals surface area (Å²) in [7, 11) is 1.13. The van der Waals surface area contributed by atoms with Crippen molar-refractivity contribution in [2.24, 2.45) is 0 Å². The molecular weight excluding hydrogens is 234 g/mol. The standard InChI is InChI=1S/C10H8F2N2O3/c1-17-7(15)2-5-4-14-10(16)8(9(11)12)6(5)3-13/h4,9H,2H2,1H3,(H,14,16). The summed E-state index contributed by atoms with van der Waals surface area (Å²) in [4.78, 5) is 24.2. The number of pyridine rings is 1. The van der Waals surface area contributed by atoms with Crippen molar-refractivity contribution in [3.05, 3.63) is 33.2 Å². The summed E-state index contributed by atoms with van der Waals surface area (Å²) in [5.41, 5.74) is -2.43. The number of rotatable bonds is 3. The second-order valence-electron chi connectivity index (χ2n) is 3.10. The fourth-order valence-corrected chi connectivity index (χ4v) is 1.30. The van der Waals surface area contributed by atoms with Crippen molar-refractivity contribution in [1.29, 1.82) is 5.26 Å². The van der Waals surface area contributed by atoms with Gasteiger partial charge in [0, 0.05) is 6.20 Å². The predicted octanol–water partition coefficient (Wildman–Crippen LogP) is 0.900. The lowest BCUT2D eigenvalue weighted by Gasteiger charge is -2.06. The van der Waals surface area contributed by atoms with E-state index < -0.39 is 29.1 Å². The maximum absolute atomic E-state index is 12.6. The molecular formula is C10H8F2N2O3. The van der Waals surface area contributed by atoms with Crippen LogP contribution in [0.15, 0.2) is 11.0 Å². The number of carbonyl (C=O) groups excluding carboxylic acids is 1. The number of nitriles is 1. The molecule has 0 aliphatic carbocycles. The molecule has 0 atom stereocenters. The first-order valence-corrected chi connectivity index (χ1v) is 4.50. The van der Waals surface area contributed by atoms with Crippen LogP contribution >= 0.6 is 0 Å². The molecule has 7 heteroatoms. The van der Waals surface area contributed by atoms with Crippen LogP contribution in [0.2, 0.25) is 0 Å². The molecule has 90 valence electrons. The van der Waals surface area contributed by atoms with Gasteiger partial charge in [-0.1, -0.05) is 0 Å². The molecule has 0 aliphatic heterocycles. The topological polar surface area (TPSA) is 83.0 Å². The fraction of sp³-hybridized carbons (Fsp3) is 0.300. The summed E-state index contributed by atoms with van der Waals surface area (Å²) in [6, 6.07) is 1.51. The first kappa shape index (κ1) is 12.8. The Labute approximate surface area is 94.6 Å². The van der Waals surface area contributed by atoms with Gasteiger partial charge in [0.2, 0.25) is 0 Å². The predicted molar refractivity (Wildman–Crippen MR) is 52.5 cm³/mol. The first-order chi connectivity index (χ1) is 8.01. The highest BCUT2D eigenvalue weighted by molar-refractivity contribution is 5.73.